The van der Waals surface area contributed by atoms with E-state index in [1.807, 2.05) is 43.1 Å². The van der Waals surface area contributed by atoms with Crippen LogP contribution in [0.25, 0.3) is 0 Å². The van der Waals surface area contributed by atoms with Gasteiger partial charge < -0.3 is 14.6 Å². The third-order valence-corrected chi connectivity index (χ3v) is 3.82. The Balaban J connectivity index is 2.21. The van der Waals surface area contributed by atoms with Gasteiger partial charge in [0.2, 0.25) is 0 Å². The summed E-state index contributed by atoms with van der Waals surface area (Å²) in [5, 5.41) is 0.104. The first-order chi connectivity index (χ1) is 10.0. The number of nitrogens with zero attached hydrogens (tertiary/aromatic N) is 2. The molecular weight excluding hydrogens is 290 g/mol. The highest BCUT2D eigenvalue weighted by atomic mass is 35.5. The van der Waals surface area contributed by atoms with Crippen molar-refractivity contribution in [1.29, 1.82) is 0 Å². The van der Waals surface area contributed by atoms with Crippen molar-refractivity contribution in [2.75, 3.05) is 19.1 Å². The molecule has 112 valence electrons. The van der Waals surface area contributed by atoms with E-state index in [2.05, 4.69) is 9.97 Å². The maximum absolute atomic E-state index is 11.6. The Morgan fingerprint density at radius 2 is 2.14 bits per heavy atom. The van der Waals surface area contributed by atoms with Gasteiger partial charge in [0, 0.05) is 13.1 Å². The van der Waals surface area contributed by atoms with Crippen molar-refractivity contribution < 1.29 is 4.74 Å². The number of aromatic amines is 1. The first-order valence-electron chi connectivity index (χ1n) is 6.62. The van der Waals surface area contributed by atoms with Gasteiger partial charge in [-0.25, -0.2) is 4.98 Å². The average Bonchev–Trinajstić information content (AvgIpc) is 2.50. The maximum Gasteiger partial charge on any atom is 0.271 e. The van der Waals surface area contributed by atoms with E-state index in [4.69, 9.17) is 16.3 Å². The highest BCUT2D eigenvalue weighted by Gasteiger charge is 2.17. The number of halogens is 1. The summed E-state index contributed by atoms with van der Waals surface area (Å²) in [7, 11) is 3.52. The molecule has 0 fully saturated rings. The minimum Gasteiger partial charge on any atom is -0.496 e. The molecule has 2 rings (SSSR count). The van der Waals surface area contributed by atoms with Crippen molar-refractivity contribution in [1.82, 2.24) is 9.97 Å². The van der Waals surface area contributed by atoms with E-state index >= 15 is 0 Å². The molecule has 5 nitrogen and oxygen atoms in total. The molecule has 1 heterocycles. The largest absolute Gasteiger partial charge is 0.496 e. The second kappa shape index (κ2) is 6.63. The van der Waals surface area contributed by atoms with E-state index in [0.29, 0.717) is 5.82 Å². The fraction of sp³-hybridized carbons (Fsp3) is 0.333. The molecular formula is C15H18ClN3O2. The van der Waals surface area contributed by atoms with Crippen molar-refractivity contribution in [3.8, 4) is 5.75 Å². The van der Waals surface area contributed by atoms with Crippen LogP contribution in [0.15, 0.2) is 35.4 Å². The van der Waals surface area contributed by atoms with Crippen molar-refractivity contribution in [2.45, 2.75) is 19.4 Å². The molecule has 0 aliphatic rings. The summed E-state index contributed by atoms with van der Waals surface area (Å²) in [5.74, 6) is 1.32. The number of hydrogen-bond acceptors (Lipinski definition) is 4. The van der Waals surface area contributed by atoms with Crippen molar-refractivity contribution in [2.24, 2.45) is 0 Å². The standard InChI is InChI=1S/C15H18ClN3O2/c1-10(8-11-6-4-5-7-12(11)21-3)19(2)14-13(16)15(20)18-9-17-14/h4-7,9-10H,8H2,1-3H3,(H,17,18,20). The molecule has 1 unspecified atom stereocenters. The Labute approximate surface area is 128 Å². The Bertz CT molecular complexity index is 672. The van der Waals surface area contributed by atoms with Crippen molar-refractivity contribution in [3.63, 3.8) is 0 Å². The van der Waals surface area contributed by atoms with Crippen LogP contribution in [0.3, 0.4) is 0 Å². The van der Waals surface area contributed by atoms with E-state index in [9.17, 15) is 4.79 Å². The molecule has 0 aliphatic carbocycles. The number of hydrogen-bond donors (Lipinski definition) is 1. The van der Waals surface area contributed by atoms with Crippen LogP contribution < -0.4 is 15.2 Å². The third kappa shape index (κ3) is 3.36. The number of H-pyrrole nitrogens is 1. The number of rotatable bonds is 5. The highest BCUT2D eigenvalue weighted by molar-refractivity contribution is 6.32. The van der Waals surface area contributed by atoms with Gasteiger partial charge >= 0.3 is 0 Å². The summed E-state index contributed by atoms with van der Waals surface area (Å²) in [6.07, 6.45) is 2.11. The molecule has 0 amide bonds. The van der Waals surface area contributed by atoms with Crippen LogP contribution in [0, 0.1) is 0 Å². The van der Waals surface area contributed by atoms with E-state index in [1.165, 1.54) is 6.33 Å². The molecule has 0 saturated heterocycles. The zero-order chi connectivity index (χ0) is 15.4. The number of aromatic nitrogens is 2. The quantitative estimate of drug-likeness (QED) is 0.922. The fourth-order valence-corrected chi connectivity index (χ4v) is 2.39. The molecule has 1 N–H and O–H groups in total. The first-order valence-corrected chi connectivity index (χ1v) is 7.00. The number of benzene rings is 1. The lowest BCUT2D eigenvalue weighted by Gasteiger charge is -2.26. The van der Waals surface area contributed by atoms with Gasteiger partial charge in [-0.05, 0) is 25.0 Å². The second-order valence-electron chi connectivity index (χ2n) is 4.85. The second-order valence-corrected chi connectivity index (χ2v) is 5.22. The Morgan fingerprint density at radius 1 is 1.43 bits per heavy atom. The van der Waals surface area contributed by atoms with Crippen molar-refractivity contribution >= 4 is 17.4 Å². The van der Waals surface area contributed by atoms with E-state index < -0.39 is 0 Å². The average molecular weight is 308 g/mol. The molecule has 1 aromatic heterocycles. The Morgan fingerprint density at radius 3 is 2.86 bits per heavy atom. The molecule has 0 aliphatic heterocycles. The van der Waals surface area contributed by atoms with E-state index in [1.54, 1.807) is 7.11 Å². The van der Waals surface area contributed by atoms with Crippen LogP contribution in [-0.2, 0) is 6.42 Å². The zero-order valence-electron chi connectivity index (χ0n) is 12.3. The first kappa shape index (κ1) is 15.4. The SMILES string of the molecule is COc1ccccc1CC(C)N(C)c1nc[nH]c(=O)c1Cl. The Hall–Kier alpha value is -2.01. The molecule has 0 saturated carbocycles. The highest BCUT2D eigenvalue weighted by Crippen LogP contribution is 2.24. The van der Waals surface area contributed by atoms with Crippen LogP contribution in [0.4, 0.5) is 5.82 Å². The lowest BCUT2D eigenvalue weighted by molar-refractivity contribution is 0.408. The molecule has 21 heavy (non-hydrogen) atoms. The third-order valence-electron chi connectivity index (χ3n) is 3.48. The van der Waals surface area contributed by atoms with Gasteiger partial charge in [-0.2, -0.15) is 0 Å². The lowest BCUT2D eigenvalue weighted by Crippen LogP contribution is -2.33. The number of methoxy groups -OCH3 is 1. The van der Waals surface area contributed by atoms with Gasteiger partial charge in [0.15, 0.2) is 5.82 Å². The molecule has 0 radical (unpaired) electrons. The predicted molar refractivity (Wildman–Crippen MR) is 84.4 cm³/mol. The van der Waals surface area contributed by atoms with Crippen LogP contribution in [0.5, 0.6) is 5.75 Å². The Kier molecular flexibility index (Phi) is 4.85. The number of anilines is 1. The smallest absolute Gasteiger partial charge is 0.271 e. The monoisotopic (exact) mass is 307 g/mol. The van der Waals surface area contributed by atoms with Gasteiger partial charge in [-0.1, -0.05) is 29.8 Å². The van der Waals surface area contributed by atoms with Gasteiger partial charge in [0.05, 0.1) is 13.4 Å². The van der Waals surface area contributed by atoms with E-state index in [0.717, 1.165) is 17.7 Å². The summed E-state index contributed by atoms with van der Waals surface area (Å²) in [5.41, 5.74) is 0.762. The lowest BCUT2D eigenvalue weighted by atomic mass is 10.1. The minimum atomic E-state index is -0.335. The van der Waals surface area contributed by atoms with Crippen LogP contribution >= 0.6 is 11.6 Å². The molecule has 0 spiro atoms. The van der Waals surface area contributed by atoms with E-state index in [-0.39, 0.29) is 16.6 Å². The summed E-state index contributed by atoms with van der Waals surface area (Å²) in [6, 6.07) is 7.97. The molecule has 2 aromatic rings. The van der Waals surface area contributed by atoms with Crippen LogP contribution in [-0.4, -0.2) is 30.2 Å². The summed E-state index contributed by atoms with van der Waals surface area (Å²) in [6.45, 7) is 2.05. The fourth-order valence-electron chi connectivity index (χ4n) is 2.16. The number of ether oxygens (including phenoxy) is 1. The minimum absolute atomic E-state index is 0.104. The maximum atomic E-state index is 11.6. The normalized spacial score (nSPS) is 12.0. The van der Waals surface area contributed by atoms with Gasteiger partial charge in [0.25, 0.3) is 5.56 Å². The molecule has 6 heteroatoms. The van der Waals surface area contributed by atoms with Gasteiger partial charge in [-0.15, -0.1) is 0 Å². The van der Waals surface area contributed by atoms with Gasteiger partial charge in [0.1, 0.15) is 10.8 Å². The van der Waals surface area contributed by atoms with Crippen molar-refractivity contribution in [3.05, 3.63) is 51.5 Å². The topological polar surface area (TPSA) is 58.2 Å². The predicted octanol–water partition coefficient (Wildman–Crippen LogP) is 2.50. The van der Waals surface area contributed by atoms with Crippen LogP contribution in [0.2, 0.25) is 5.02 Å². The number of para-hydroxylation sites is 1. The number of likely N-dealkylation sites (N-methyl/N-ethyl adjacent to an activating group) is 1. The zero-order valence-corrected chi connectivity index (χ0v) is 13.0. The number of nitrogens with one attached hydrogen (secondary N) is 1. The van der Waals surface area contributed by atoms with Crippen LogP contribution in [0.1, 0.15) is 12.5 Å². The van der Waals surface area contributed by atoms with Gasteiger partial charge in [-0.3, -0.25) is 4.79 Å². The molecule has 1 aromatic carbocycles. The molecule has 1 atom stereocenters. The summed E-state index contributed by atoms with van der Waals surface area (Å²) >= 11 is 6.02. The summed E-state index contributed by atoms with van der Waals surface area (Å²) < 4.78 is 5.36. The summed E-state index contributed by atoms with van der Waals surface area (Å²) in [4.78, 5) is 20.1. The molecule has 0 bridgehead atoms.